The predicted octanol–water partition coefficient (Wildman–Crippen LogP) is -0.463. The van der Waals surface area contributed by atoms with Gasteiger partial charge in [0.1, 0.15) is 11.6 Å². The molecule has 0 unspecified atom stereocenters. The van der Waals surface area contributed by atoms with Crippen LogP contribution in [0.2, 0.25) is 5.28 Å². The standard InChI is InChI=1S/C13H15ClN6O4/c14-13-18-10-9(15-5-16-10)11(19-13)20(6-1-2-6)3-8(22)17-7(4-21)12(23)24/h5-7,21H,1-4H2,(H,17,22)(H,23,24)(H,15,16,18,19)/t7-/m0/s1. The molecule has 128 valence electrons. The second-order valence-electron chi connectivity index (χ2n) is 5.42. The number of nitrogens with one attached hydrogen (secondary N) is 2. The van der Waals surface area contributed by atoms with Crippen LogP contribution < -0.4 is 10.2 Å². The SMILES string of the molecule is O=C(CN(c1nc(Cl)nc2nc[nH]c12)C1CC1)N[C@@H](CO)C(=O)O. The average Bonchev–Trinajstić information content (AvgIpc) is 3.27. The molecule has 11 heteroatoms. The van der Waals surface area contributed by atoms with Gasteiger partial charge in [-0.25, -0.2) is 9.78 Å². The topological polar surface area (TPSA) is 144 Å². The van der Waals surface area contributed by atoms with E-state index < -0.39 is 24.5 Å². The number of carbonyl (C=O) groups is 2. The third-order valence-corrected chi connectivity index (χ3v) is 3.80. The number of halogens is 1. The lowest BCUT2D eigenvalue weighted by molar-refractivity contribution is -0.142. The number of hydrogen-bond acceptors (Lipinski definition) is 7. The predicted molar refractivity (Wildman–Crippen MR) is 83.7 cm³/mol. The van der Waals surface area contributed by atoms with E-state index in [0.717, 1.165) is 12.8 Å². The Morgan fingerprint density at radius 2 is 2.21 bits per heavy atom. The molecule has 1 amide bonds. The first-order valence-electron chi connectivity index (χ1n) is 7.26. The molecule has 0 radical (unpaired) electrons. The van der Waals surface area contributed by atoms with Crippen LogP contribution in [-0.2, 0) is 9.59 Å². The van der Waals surface area contributed by atoms with Crippen LogP contribution in [0.25, 0.3) is 11.2 Å². The second kappa shape index (κ2) is 6.57. The Bertz CT molecular complexity index is 777. The molecule has 4 N–H and O–H groups in total. The van der Waals surface area contributed by atoms with Gasteiger partial charge in [-0.1, -0.05) is 0 Å². The highest BCUT2D eigenvalue weighted by molar-refractivity contribution is 6.28. The van der Waals surface area contributed by atoms with Crippen molar-refractivity contribution in [3.8, 4) is 0 Å². The summed E-state index contributed by atoms with van der Waals surface area (Å²) < 4.78 is 0. The van der Waals surface area contributed by atoms with Crippen molar-refractivity contribution < 1.29 is 19.8 Å². The van der Waals surface area contributed by atoms with Crippen LogP contribution in [0.1, 0.15) is 12.8 Å². The first kappa shape index (κ1) is 16.4. The summed E-state index contributed by atoms with van der Waals surface area (Å²) in [5.41, 5.74) is 0.936. The lowest BCUT2D eigenvalue weighted by atomic mass is 10.3. The van der Waals surface area contributed by atoms with E-state index in [0.29, 0.717) is 17.0 Å². The highest BCUT2D eigenvalue weighted by atomic mass is 35.5. The van der Waals surface area contributed by atoms with Crippen LogP contribution in [0.5, 0.6) is 0 Å². The zero-order valence-corrected chi connectivity index (χ0v) is 13.2. The van der Waals surface area contributed by atoms with Crippen LogP contribution in [-0.4, -0.2) is 67.3 Å². The Hall–Kier alpha value is -2.46. The summed E-state index contributed by atoms with van der Waals surface area (Å²) in [5.74, 6) is -1.40. The normalized spacial score (nSPS) is 15.2. The molecule has 0 saturated heterocycles. The number of aliphatic hydroxyl groups excluding tert-OH is 1. The van der Waals surface area contributed by atoms with Crippen molar-refractivity contribution in [1.29, 1.82) is 0 Å². The quantitative estimate of drug-likeness (QED) is 0.489. The van der Waals surface area contributed by atoms with E-state index in [1.165, 1.54) is 6.33 Å². The Morgan fingerprint density at radius 1 is 1.46 bits per heavy atom. The number of carbonyl (C=O) groups excluding carboxylic acids is 1. The number of rotatable bonds is 7. The monoisotopic (exact) mass is 354 g/mol. The van der Waals surface area contributed by atoms with Gasteiger partial charge in [-0.05, 0) is 24.4 Å². The lowest BCUT2D eigenvalue weighted by Gasteiger charge is -2.24. The van der Waals surface area contributed by atoms with Crippen molar-refractivity contribution in [2.75, 3.05) is 18.1 Å². The molecule has 0 spiro atoms. The minimum Gasteiger partial charge on any atom is -0.480 e. The summed E-state index contributed by atoms with van der Waals surface area (Å²) in [6.45, 7) is -0.801. The fraction of sp³-hybridized carbons (Fsp3) is 0.462. The van der Waals surface area contributed by atoms with E-state index in [4.69, 9.17) is 21.8 Å². The van der Waals surface area contributed by atoms with Crippen LogP contribution >= 0.6 is 11.6 Å². The second-order valence-corrected chi connectivity index (χ2v) is 5.76. The minimum absolute atomic E-state index is 0.00873. The van der Waals surface area contributed by atoms with E-state index in [1.807, 2.05) is 0 Å². The Kier molecular flexibility index (Phi) is 4.49. The largest absolute Gasteiger partial charge is 0.480 e. The fourth-order valence-electron chi connectivity index (χ4n) is 2.34. The Morgan fingerprint density at radius 3 is 2.83 bits per heavy atom. The molecule has 2 aromatic heterocycles. The summed E-state index contributed by atoms with van der Waals surface area (Å²) in [7, 11) is 0. The van der Waals surface area contributed by atoms with Crippen molar-refractivity contribution >= 4 is 40.5 Å². The smallest absolute Gasteiger partial charge is 0.328 e. The number of fused-ring (bicyclic) bond motifs is 1. The maximum absolute atomic E-state index is 12.2. The number of nitrogens with zero attached hydrogens (tertiary/aromatic N) is 4. The molecule has 0 aliphatic heterocycles. The van der Waals surface area contributed by atoms with Gasteiger partial charge in [0.05, 0.1) is 19.5 Å². The number of aliphatic hydroxyl groups is 1. The number of aromatic nitrogens is 4. The number of aliphatic carboxylic acids is 1. The van der Waals surface area contributed by atoms with Gasteiger partial charge >= 0.3 is 5.97 Å². The number of H-pyrrole nitrogens is 1. The van der Waals surface area contributed by atoms with Crippen LogP contribution in [0.4, 0.5) is 5.82 Å². The summed E-state index contributed by atoms with van der Waals surface area (Å²) in [6, 6.07) is -1.25. The fourth-order valence-corrected chi connectivity index (χ4v) is 2.50. The molecule has 2 heterocycles. The van der Waals surface area contributed by atoms with Gasteiger partial charge < -0.3 is 25.4 Å². The number of anilines is 1. The van der Waals surface area contributed by atoms with Gasteiger partial charge in [0, 0.05) is 6.04 Å². The van der Waals surface area contributed by atoms with Gasteiger partial charge in [-0.15, -0.1) is 0 Å². The van der Waals surface area contributed by atoms with Gasteiger partial charge in [-0.2, -0.15) is 9.97 Å². The molecule has 0 bridgehead atoms. The summed E-state index contributed by atoms with van der Waals surface area (Å²) in [4.78, 5) is 40.0. The first-order valence-corrected chi connectivity index (χ1v) is 7.63. The van der Waals surface area contributed by atoms with Crippen LogP contribution in [0, 0.1) is 0 Å². The van der Waals surface area contributed by atoms with Gasteiger partial charge in [-0.3, -0.25) is 4.79 Å². The molecule has 1 fully saturated rings. The summed E-state index contributed by atoms with van der Waals surface area (Å²) >= 11 is 5.92. The third-order valence-electron chi connectivity index (χ3n) is 3.63. The van der Waals surface area contributed by atoms with Crippen molar-refractivity contribution in [2.24, 2.45) is 0 Å². The van der Waals surface area contributed by atoms with E-state index in [2.05, 4.69) is 25.3 Å². The molecule has 10 nitrogen and oxygen atoms in total. The minimum atomic E-state index is -1.35. The molecular weight excluding hydrogens is 340 g/mol. The van der Waals surface area contributed by atoms with Crippen molar-refractivity contribution in [2.45, 2.75) is 24.9 Å². The van der Waals surface area contributed by atoms with E-state index in [1.54, 1.807) is 4.90 Å². The third kappa shape index (κ3) is 3.39. The molecule has 1 aliphatic rings. The Balaban J connectivity index is 1.84. The maximum atomic E-state index is 12.2. The number of carboxylic acids is 1. The van der Waals surface area contributed by atoms with Gasteiger partial charge in [0.25, 0.3) is 0 Å². The molecule has 3 rings (SSSR count). The molecule has 2 aromatic rings. The molecule has 1 aliphatic carbocycles. The number of aromatic amines is 1. The van der Waals surface area contributed by atoms with E-state index in [9.17, 15) is 9.59 Å². The van der Waals surface area contributed by atoms with E-state index >= 15 is 0 Å². The van der Waals surface area contributed by atoms with E-state index in [-0.39, 0.29) is 17.9 Å². The average molecular weight is 355 g/mol. The molecule has 24 heavy (non-hydrogen) atoms. The number of carboxylic acid groups (broad SMARTS) is 1. The highest BCUT2D eigenvalue weighted by Crippen LogP contribution is 2.33. The van der Waals surface area contributed by atoms with Crippen LogP contribution in [0.15, 0.2) is 6.33 Å². The van der Waals surface area contributed by atoms with Crippen LogP contribution in [0.3, 0.4) is 0 Å². The number of amides is 1. The zero-order chi connectivity index (χ0) is 17.3. The Labute approximate surface area is 140 Å². The number of imidazole rings is 1. The molecule has 0 aromatic carbocycles. The summed E-state index contributed by atoms with van der Waals surface area (Å²) in [5, 5.41) is 20.2. The van der Waals surface area contributed by atoms with Gasteiger partial charge in [0.15, 0.2) is 11.5 Å². The maximum Gasteiger partial charge on any atom is 0.328 e. The van der Waals surface area contributed by atoms with Crippen molar-refractivity contribution in [1.82, 2.24) is 25.3 Å². The van der Waals surface area contributed by atoms with Crippen molar-refractivity contribution in [3.05, 3.63) is 11.6 Å². The number of hydrogen-bond donors (Lipinski definition) is 4. The molecule has 1 saturated carbocycles. The zero-order valence-electron chi connectivity index (χ0n) is 12.4. The van der Waals surface area contributed by atoms with Gasteiger partial charge in [0.2, 0.25) is 11.2 Å². The summed E-state index contributed by atoms with van der Waals surface area (Å²) in [6.07, 6.45) is 3.22. The first-order chi connectivity index (χ1) is 11.5. The highest BCUT2D eigenvalue weighted by Gasteiger charge is 2.34. The lowest BCUT2D eigenvalue weighted by Crippen LogP contribution is -2.48. The van der Waals surface area contributed by atoms with Crippen molar-refractivity contribution in [3.63, 3.8) is 0 Å². The molecule has 1 atom stereocenters. The molecular formula is C13H15ClN6O4.